The highest BCUT2D eigenvalue weighted by Crippen LogP contribution is 2.45. The van der Waals surface area contributed by atoms with Gasteiger partial charge in [-0.2, -0.15) is 0 Å². The largest absolute Gasteiger partial charge is 0.573 e. The maximum absolute atomic E-state index is 12.7. The summed E-state index contributed by atoms with van der Waals surface area (Å²) in [6.45, 7) is 3.65. The standard InChI is InChI=1S/C19H26F3N5O2/c1-2-24-18(25-12-7-9-27(10-8-12)17(23)28)26-15-11-14(15)13-5-3-4-6-16(13)29-19(20,21)22/h3-6,12,14-15H,2,7-11H2,1H3,(H2,23,28)(H2,24,25,26). The molecule has 2 atom stereocenters. The van der Waals surface area contributed by atoms with Crippen molar-refractivity contribution in [2.24, 2.45) is 10.7 Å². The summed E-state index contributed by atoms with van der Waals surface area (Å²) in [5.41, 5.74) is 5.84. The number of carbonyl (C=O) groups excluding carboxylic acids is 1. The van der Waals surface area contributed by atoms with E-state index in [0.717, 1.165) is 12.8 Å². The number of urea groups is 1. The minimum atomic E-state index is -4.72. The number of hydrogen-bond acceptors (Lipinski definition) is 3. The van der Waals surface area contributed by atoms with Crippen LogP contribution in [0.3, 0.4) is 0 Å². The fraction of sp³-hybridized carbons (Fsp3) is 0.579. The summed E-state index contributed by atoms with van der Waals surface area (Å²) in [7, 11) is 0. The van der Waals surface area contributed by atoms with Gasteiger partial charge in [0.2, 0.25) is 0 Å². The van der Waals surface area contributed by atoms with E-state index in [0.29, 0.717) is 37.6 Å². The van der Waals surface area contributed by atoms with Gasteiger partial charge in [0.05, 0.1) is 0 Å². The molecular formula is C19H26F3N5O2. The maximum atomic E-state index is 12.7. The molecule has 7 nitrogen and oxygen atoms in total. The van der Waals surface area contributed by atoms with Gasteiger partial charge in [-0.15, -0.1) is 13.2 Å². The van der Waals surface area contributed by atoms with E-state index in [9.17, 15) is 18.0 Å². The number of para-hydroxylation sites is 1. The van der Waals surface area contributed by atoms with Crippen LogP contribution in [0.5, 0.6) is 5.75 Å². The quantitative estimate of drug-likeness (QED) is 0.511. The number of nitrogens with one attached hydrogen (secondary N) is 2. The fourth-order valence-corrected chi connectivity index (χ4v) is 3.61. The number of primary amides is 1. The molecule has 160 valence electrons. The summed E-state index contributed by atoms with van der Waals surface area (Å²) in [6, 6.07) is 5.96. The number of halogens is 3. The van der Waals surface area contributed by atoms with Crippen LogP contribution in [0.1, 0.15) is 37.7 Å². The van der Waals surface area contributed by atoms with Crippen LogP contribution in [0.2, 0.25) is 0 Å². The van der Waals surface area contributed by atoms with Crippen LogP contribution < -0.4 is 21.1 Å². The molecule has 1 saturated heterocycles. The second kappa shape index (κ2) is 8.79. The number of rotatable bonds is 5. The van der Waals surface area contributed by atoms with E-state index in [1.54, 1.807) is 17.0 Å². The van der Waals surface area contributed by atoms with Crippen molar-refractivity contribution in [1.29, 1.82) is 0 Å². The van der Waals surface area contributed by atoms with Gasteiger partial charge in [0.25, 0.3) is 0 Å². The van der Waals surface area contributed by atoms with Crippen LogP contribution in [0.25, 0.3) is 0 Å². The molecule has 1 aliphatic carbocycles. The second-order valence-electron chi connectivity index (χ2n) is 7.25. The lowest BCUT2D eigenvalue weighted by Gasteiger charge is -2.32. The molecule has 2 unspecified atom stereocenters. The van der Waals surface area contributed by atoms with Crippen molar-refractivity contribution in [1.82, 2.24) is 15.5 Å². The van der Waals surface area contributed by atoms with Crippen LogP contribution in [0, 0.1) is 0 Å². The normalized spacial score (nSPS) is 22.9. The van der Waals surface area contributed by atoms with Gasteiger partial charge < -0.3 is 26.0 Å². The first kappa shape index (κ1) is 21.1. The van der Waals surface area contributed by atoms with E-state index in [1.165, 1.54) is 12.1 Å². The first-order valence-corrected chi connectivity index (χ1v) is 9.73. The van der Waals surface area contributed by atoms with Gasteiger partial charge in [0.15, 0.2) is 5.96 Å². The molecule has 1 saturated carbocycles. The molecule has 29 heavy (non-hydrogen) atoms. The van der Waals surface area contributed by atoms with Gasteiger partial charge in [-0.3, -0.25) is 4.99 Å². The summed E-state index contributed by atoms with van der Waals surface area (Å²) < 4.78 is 42.1. The maximum Gasteiger partial charge on any atom is 0.573 e. The van der Waals surface area contributed by atoms with E-state index in [-0.39, 0.29) is 23.8 Å². The van der Waals surface area contributed by atoms with Crippen LogP contribution in [-0.2, 0) is 0 Å². The molecule has 1 heterocycles. The zero-order chi connectivity index (χ0) is 21.0. The summed E-state index contributed by atoms with van der Waals surface area (Å²) in [5.74, 6) is 0.399. The van der Waals surface area contributed by atoms with Crippen molar-refractivity contribution < 1.29 is 22.7 Å². The third-order valence-corrected chi connectivity index (χ3v) is 5.12. The van der Waals surface area contributed by atoms with E-state index in [4.69, 9.17) is 5.73 Å². The Hall–Kier alpha value is -2.65. The SMILES string of the molecule is CCN=C(NC1CCN(C(N)=O)CC1)NC1CC1c1ccccc1OC(F)(F)F. The number of amides is 2. The van der Waals surface area contributed by atoms with Crippen molar-refractivity contribution in [3.63, 3.8) is 0 Å². The zero-order valence-electron chi connectivity index (χ0n) is 16.2. The van der Waals surface area contributed by atoms with E-state index >= 15 is 0 Å². The van der Waals surface area contributed by atoms with E-state index in [1.807, 2.05) is 6.92 Å². The molecule has 2 amide bonds. The number of nitrogens with zero attached hydrogens (tertiary/aromatic N) is 2. The topological polar surface area (TPSA) is 92.0 Å². The number of aliphatic imine (C=N–C) groups is 1. The summed E-state index contributed by atoms with van der Waals surface area (Å²) in [5, 5.41) is 6.67. The van der Waals surface area contributed by atoms with Crippen molar-refractivity contribution in [3.05, 3.63) is 29.8 Å². The zero-order valence-corrected chi connectivity index (χ0v) is 16.2. The molecule has 3 rings (SSSR count). The Balaban J connectivity index is 1.57. The molecule has 4 N–H and O–H groups in total. The Morgan fingerprint density at radius 1 is 1.28 bits per heavy atom. The Morgan fingerprint density at radius 3 is 2.59 bits per heavy atom. The smallest absolute Gasteiger partial charge is 0.405 e. The molecule has 2 aliphatic rings. The van der Waals surface area contributed by atoms with Gasteiger partial charge >= 0.3 is 12.4 Å². The fourth-order valence-electron chi connectivity index (χ4n) is 3.61. The number of hydrogen-bond donors (Lipinski definition) is 3. The Kier molecular flexibility index (Phi) is 6.39. The summed E-state index contributed by atoms with van der Waals surface area (Å²) >= 11 is 0. The third-order valence-electron chi connectivity index (χ3n) is 5.12. The molecule has 0 bridgehead atoms. The molecule has 1 aliphatic heterocycles. The minimum Gasteiger partial charge on any atom is -0.405 e. The van der Waals surface area contributed by atoms with Gasteiger partial charge in [-0.25, -0.2) is 4.79 Å². The average Bonchev–Trinajstić information content (AvgIpc) is 3.40. The molecule has 1 aromatic rings. The lowest BCUT2D eigenvalue weighted by molar-refractivity contribution is -0.274. The molecule has 2 fully saturated rings. The molecular weight excluding hydrogens is 387 g/mol. The van der Waals surface area contributed by atoms with Crippen molar-refractivity contribution >= 4 is 12.0 Å². The van der Waals surface area contributed by atoms with Gasteiger partial charge in [0.1, 0.15) is 5.75 Å². The Morgan fingerprint density at radius 2 is 1.97 bits per heavy atom. The number of guanidine groups is 1. The molecule has 0 spiro atoms. The number of likely N-dealkylation sites (tertiary alicyclic amines) is 1. The van der Waals surface area contributed by atoms with Gasteiger partial charge in [0, 0.05) is 37.6 Å². The van der Waals surface area contributed by atoms with Crippen LogP contribution in [0.15, 0.2) is 29.3 Å². The summed E-state index contributed by atoms with van der Waals surface area (Å²) in [6.07, 6.45) is -2.51. The number of nitrogens with two attached hydrogens (primary N) is 1. The lowest BCUT2D eigenvalue weighted by Crippen LogP contribution is -2.51. The minimum absolute atomic E-state index is 0.0171. The second-order valence-corrected chi connectivity index (χ2v) is 7.25. The lowest BCUT2D eigenvalue weighted by atomic mass is 10.1. The Bertz CT molecular complexity index is 748. The third kappa shape index (κ3) is 5.91. The highest BCUT2D eigenvalue weighted by Gasteiger charge is 2.42. The molecule has 1 aromatic carbocycles. The van der Waals surface area contributed by atoms with Crippen molar-refractivity contribution in [2.75, 3.05) is 19.6 Å². The predicted molar refractivity (Wildman–Crippen MR) is 103 cm³/mol. The van der Waals surface area contributed by atoms with E-state index in [2.05, 4.69) is 20.4 Å². The first-order chi connectivity index (χ1) is 13.8. The molecule has 0 radical (unpaired) electrons. The van der Waals surface area contributed by atoms with Crippen LogP contribution in [-0.4, -0.2) is 55.0 Å². The average molecular weight is 413 g/mol. The molecule has 0 aromatic heterocycles. The van der Waals surface area contributed by atoms with Crippen molar-refractivity contribution in [3.8, 4) is 5.75 Å². The Labute approximate surface area is 167 Å². The summed E-state index contributed by atoms with van der Waals surface area (Å²) in [4.78, 5) is 17.3. The first-order valence-electron chi connectivity index (χ1n) is 9.73. The number of piperidine rings is 1. The highest BCUT2D eigenvalue weighted by atomic mass is 19.4. The van der Waals surface area contributed by atoms with E-state index < -0.39 is 12.4 Å². The van der Waals surface area contributed by atoms with Crippen LogP contribution >= 0.6 is 0 Å². The van der Waals surface area contributed by atoms with Gasteiger partial charge in [-0.05, 0) is 37.8 Å². The number of benzene rings is 1. The monoisotopic (exact) mass is 413 g/mol. The van der Waals surface area contributed by atoms with Crippen LogP contribution in [0.4, 0.5) is 18.0 Å². The number of carbonyl (C=O) groups is 1. The number of ether oxygens (including phenoxy) is 1. The highest BCUT2D eigenvalue weighted by molar-refractivity contribution is 5.81. The van der Waals surface area contributed by atoms with Gasteiger partial charge in [-0.1, -0.05) is 18.2 Å². The number of alkyl halides is 3. The van der Waals surface area contributed by atoms with Crippen molar-refractivity contribution in [2.45, 2.75) is 50.6 Å². The molecule has 10 heteroatoms. The predicted octanol–water partition coefficient (Wildman–Crippen LogP) is 2.54.